The standard InChI is InChI=1S/C13H19N3O/c1-10-11(7-12(8-14)16(10)2)9-15-17-13-5-3-4-6-13/h7,13,15H,3-6,9H2,1-2H3. The van der Waals surface area contributed by atoms with Crippen molar-refractivity contribution in [1.29, 1.82) is 5.26 Å². The third kappa shape index (κ3) is 2.68. The molecule has 1 heterocycles. The quantitative estimate of drug-likeness (QED) is 0.811. The maximum Gasteiger partial charge on any atom is 0.120 e. The van der Waals surface area contributed by atoms with Gasteiger partial charge in [0.1, 0.15) is 11.8 Å². The summed E-state index contributed by atoms with van der Waals surface area (Å²) in [6, 6.07) is 4.10. The minimum atomic E-state index is 0.370. The molecule has 4 heteroatoms. The number of nitrogens with one attached hydrogen (secondary N) is 1. The van der Waals surface area contributed by atoms with Gasteiger partial charge in [0.25, 0.3) is 0 Å². The highest BCUT2D eigenvalue weighted by molar-refractivity contribution is 5.33. The van der Waals surface area contributed by atoms with Gasteiger partial charge in [-0.2, -0.15) is 10.7 Å². The number of nitriles is 1. The lowest BCUT2D eigenvalue weighted by molar-refractivity contribution is -0.0244. The lowest BCUT2D eigenvalue weighted by Gasteiger charge is -2.11. The van der Waals surface area contributed by atoms with Crippen molar-refractivity contribution in [2.45, 2.75) is 45.3 Å². The maximum atomic E-state index is 8.93. The summed E-state index contributed by atoms with van der Waals surface area (Å²) in [5.41, 5.74) is 5.96. The fourth-order valence-corrected chi connectivity index (χ4v) is 2.29. The Labute approximate surface area is 102 Å². The van der Waals surface area contributed by atoms with Crippen molar-refractivity contribution in [2.75, 3.05) is 0 Å². The van der Waals surface area contributed by atoms with Crippen LogP contribution >= 0.6 is 0 Å². The SMILES string of the molecule is Cc1c(CNOC2CCCC2)cc(C#N)n1C. The highest BCUT2D eigenvalue weighted by Gasteiger charge is 2.16. The minimum absolute atomic E-state index is 0.370. The van der Waals surface area contributed by atoms with Crippen LogP contribution in [0.4, 0.5) is 0 Å². The van der Waals surface area contributed by atoms with E-state index in [0.717, 1.165) is 24.1 Å². The molecule has 0 atom stereocenters. The Morgan fingerprint density at radius 2 is 2.24 bits per heavy atom. The highest BCUT2D eigenvalue weighted by atomic mass is 16.7. The molecule has 0 aliphatic heterocycles. The molecule has 0 aromatic carbocycles. The van der Waals surface area contributed by atoms with E-state index in [9.17, 15) is 0 Å². The van der Waals surface area contributed by atoms with E-state index in [1.54, 1.807) is 0 Å². The monoisotopic (exact) mass is 233 g/mol. The number of aromatic nitrogens is 1. The lowest BCUT2D eigenvalue weighted by Crippen LogP contribution is -2.21. The fraction of sp³-hybridized carbons (Fsp3) is 0.615. The molecule has 17 heavy (non-hydrogen) atoms. The van der Waals surface area contributed by atoms with Crippen LogP contribution in [0.1, 0.15) is 42.6 Å². The Bertz CT molecular complexity index is 425. The summed E-state index contributed by atoms with van der Waals surface area (Å²) in [4.78, 5) is 5.60. The van der Waals surface area contributed by atoms with E-state index in [0.29, 0.717) is 18.3 Å². The first-order valence-corrected chi connectivity index (χ1v) is 6.16. The van der Waals surface area contributed by atoms with Gasteiger partial charge < -0.3 is 4.57 Å². The van der Waals surface area contributed by atoms with E-state index in [1.807, 2.05) is 24.6 Å². The molecule has 1 aromatic rings. The van der Waals surface area contributed by atoms with E-state index in [1.165, 1.54) is 12.8 Å². The van der Waals surface area contributed by atoms with Crippen LogP contribution < -0.4 is 5.48 Å². The zero-order chi connectivity index (χ0) is 12.3. The van der Waals surface area contributed by atoms with Crippen molar-refractivity contribution in [3.05, 3.63) is 23.0 Å². The summed E-state index contributed by atoms with van der Waals surface area (Å²) in [6.45, 7) is 2.69. The lowest BCUT2D eigenvalue weighted by atomic mass is 10.2. The zero-order valence-electron chi connectivity index (χ0n) is 10.5. The van der Waals surface area contributed by atoms with Crippen LogP contribution in [-0.2, 0) is 18.4 Å². The second-order valence-electron chi connectivity index (χ2n) is 4.66. The molecule has 1 fully saturated rings. The third-order valence-corrected chi connectivity index (χ3v) is 3.57. The molecule has 1 aliphatic rings. The molecule has 0 radical (unpaired) electrons. The summed E-state index contributed by atoms with van der Waals surface area (Å²) in [5.74, 6) is 0. The van der Waals surface area contributed by atoms with Crippen LogP contribution in [0.3, 0.4) is 0 Å². The van der Waals surface area contributed by atoms with Crippen molar-refractivity contribution in [1.82, 2.24) is 10.0 Å². The average molecular weight is 233 g/mol. The first kappa shape index (κ1) is 12.2. The predicted molar refractivity (Wildman–Crippen MR) is 65.0 cm³/mol. The van der Waals surface area contributed by atoms with Crippen molar-refractivity contribution >= 4 is 0 Å². The van der Waals surface area contributed by atoms with Crippen LogP contribution in [0.25, 0.3) is 0 Å². The Kier molecular flexibility index (Phi) is 3.82. The van der Waals surface area contributed by atoms with E-state index in [-0.39, 0.29) is 0 Å². The minimum Gasteiger partial charge on any atom is -0.340 e. The molecule has 92 valence electrons. The molecule has 0 spiro atoms. The molecule has 1 aromatic heterocycles. The molecule has 4 nitrogen and oxygen atoms in total. The van der Waals surface area contributed by atoms with Gasteiger partial charge in [0.05, 0.1) is 6.10 Å². The smallest absolute Gasteiger partial charge is 0.120 e. The van der Waals surface area contributed by atoms with E-state index in [2.05, 4.69) is 11.5 Å². The fourth-order valence-electron chi connectivity index (χ4n) is 2.29. The van der Waals surface area contributed by atoms with Gasteiger partial charge in [-0.25, -0.2) is 0 Å². The van der Waals surface area contributed by atoms with Gasteiger partial charge in [-0.15, -0.1) is 0 Å². The number of hydrogen-bond donors (Lipinski definition) is 1. The summed E-state index contributed by atoms with van der Waals surface area (Å²) in [7, 11) is 1.91. The molecular formula is C13H19N3O. The summed E-state index contributed by atoms with van der Waals surface area (Å²) in [5, 5.41) is 8.93. The van der Waals surface area contributed by atoms with Crippen molar-refractivity contribution < 1.29 is 4.84 Å². The second kappa shape index (κ2) is 5.35. The van der Waals surface area contributed by atoms with Gasteiger partial charge in [-0.1, -0.05) is 12.8 Å². The third-order valence-electron chi connectivity index (χ3n) is 3.57. The van der Waals surface area contributed by atoms with Crippen molar-refractivity contribution in [2.24, 2.45) is 7.05 Å². The molecule has 0 bridgehead atoms. The Balaban J connectivity index is 1.88. The van der Waals surface area contributed by atoms with Gasteiger partial charge in [-0.05, 0) is 31.4 Å². The molecule has 0 amide bonds. The molecule has 1 aliphatic carbocycles. The molecule has 0 unspecified atom stereocenters. The molecule has 1 saturated carbocycles. The van der Waals surface area contributed by atoms with Crippen molar-refractivity contribution in [3.8, 4) is 6.07 Å². The zero-order valence-corrected chi connectivity index (χ0v) is 10.5. The van der Waals surface area contributed by atoms with Crippen LogP contribution in [0, 0.1) is 18.3 Å². The van der Waals surface area contributed by atoms with E-state index >= 15 is 0 Å². The van der Waals surface area contributed by atoms with Crippen LogP contribution in [-0.4, -0.2) is 10.7 Å². The molecule has 1 N–H and O–H groups in total. The Morgan fingerprint density at radius 1 is 1.53 bits per heavy atom. The Hall–Kier alpha value is -1.31. The van der Waals surface area contributed by atoms with E-state index in [4.69, 9.17) is 10.1 Å². The van der Waals surface area contributed by atoms with Crippen LogP contribution in [0.5, 0.6) is 0 Å². The number of hydroxylamine groups is 1. The normalized spacial score (nSPS) is 16.3. The first-order chi connectivity index (χ1) is 8.22. The highest BCUT2D eigenvalue weighted by Crippen LogP contribution is 2.20. The van der Waals surface area contributed by atoms with Crippen LogP contribution in [0.15, 0.2) is 6.07 Å². The maximum absolute atomic E-state index is 8.93. The number of nitrogens with zero attached hydrogens (tertiary/aromatic N) is 2. The average Bonchev–Trinajstić information content (AvgIpc) is 2.92. The largest absolute Gasteiger partial charge is 0.340 e. The van der Waals surface area contributed by atoms with Gasteiger partial charge in [0.15, 0.2) is 0 Å². The van der Waals surface area contributed by atoms with Gasteiger partial charge in [-0.3, -0.25) is 4.84 Å². The number of rotatable bonds is 4. The van der Waals surface area contributed by atoms with E-state index < -0.39 is 0 Å². The van der Waals surface area contributed by atoms with Gasteiger partial charge >= 0.3 is 0 Å². The summed E-state index contributed by atoms with van der Waals surface area (Å²) in [6.07, 6.45) is 5.23. The topological polar surface area (TPSA) is 50.0 Å². The van der Waals surface area contributed by atoms with Gasteiger partial charge in [0.2, 0.25) is 0 Å². The first-order valence-electron chi connectivity index (χ1n) is 6.16. The van der Waals surface area contributed by atoms with Crippen LogP contribution in [0.2, 0.25) is 0 Å². The molecular weight excluding hydrogens is 214 g/mol. The summed E-state index contributed by atoms with van der Waals surface area (Å²) < 4.78 is 1.91. The summed E-state index contributed by atoms with van der Waals surface area (Å²) >= 11 is 0. The number of hydrogen-bond acceptors (Lipinski definition) is 3. The predicted octanol–water partition coefficient (Wildman–Crippen LogP) is 2.17. The van der Waals surface area contributed by atoms with Crippen molar-refractivity contribution in [3.63, 3.8) is 0 Å². The molecule has 0 saturated heterocycles. The van der Waals surface area contributed by atoms with Gasteiger partial charge in [0, 0.05) is 19.3 Å². The molecule has 2 rings (SSSR count). The Morgan fingerprint density at radius 3 is 2.82 bits per heavy atom. The second-order valence-corrected chi connectivity index (χ2v) is 4.66.